The molecule has 0 aliphatic carbocycles. The Hall–Kier alpha value is -1.22. The average Bonchev–Trinajstić information content (AvgIpc) is 2.34. The van der Waals surface area contributed by atoms with Crippen LogP contribution in [-0.4, -0.2) is 18.3 Å². The molecule has 0 unspecified atom stereocenters. The van der Waals surface area contributed by atoms with E-state index in [-0.39, 0.29) is 11.2 Å². The molecule has 0 saturated heterocycles. The molecule has 1 aromatic rings. The number of para-hydroxylation sites is 1. The van der Waals surface area contributed by atoms with Gasteiger partial charge in [0.15, 0.2) is 11.5 Å². The lowest BCUT2D eigenvalue weighted by Gasteiger charge is -2.23. The molecule has 0 bridgehead atoms. The van der Waals surface area contributed by atoms with Gasteiger partial charge in [0.05, 0.1) is 6.61 Å². The minimum atomic E-state index is 0.251. The van der Waals surface area contributed by atoms with Crippen molar-refractivity contribution in [3.05, 3.63) is 23.8 Å². The van der Waals surface area contributed by atoms with Gasteiger partial charge in [0.1, 0.15) is 0 Å². The van der Waals surface area contributed by atoms with Crippen molar-refractivity contribution < 1.29 is 9.84 Å². The highest BCUT2D eigenvalue weighted by molar-refractivity contribution is 5.45. The van der Waals surface area contributed by atoms with E-state index >= 15 is 0 Å². The summed E-state index contributed by atoms with van der Waals surface area (Å²) in [6.07, 6.45) is 1.13. The lowest BCUT2D eigenvalue weighted by molar-refractivity contribution is 0.312. The van der Waals surface area contributed by atoms with Gasteiger partial charge in [-0.2, -0.15) is 0 Å². The van der Waals surface area contributed by atoms with Crippen LogP contribution in [-0.2, 0) is 6.54 Å². The van der Waals surface area contributed by atoms with E-state index in [1.165, 1.54) is 0 Å². The largest absolute Gasteiger partial charge is 0.504 e. The van der Waals surface area contributed by atoms with E-state index in [1.807, 2.05) is 19.1 Å². The standard InChI is InChI=1S/C15H25NO2/c1-5-15(3,4)11-16-10-12-8-7-9-13(14(12)17)18-6-2/h7-9,16-17H,5-6,10-11H2,1-4H3. The van der Waals surface area contributed by atoms with Gasteiger partial charge in [-0.05, 0) is 24.8 Å². The summed E-state index contributed by atoms with van der Waals surface area (Å²) >= 11 is 0. The molecule has 102 valence electrons. The molecule has 1 aromatic carbocycles. The van der Waals surface area contributed by atoms with E-state index in [1.54, 1.807) is 6.07 Å². The summed E-state index contributed by atoms with van der Waals surface area (Å²) in [5.41, 5.74) is 1.17. The first-order valence-electron chi connectivity index (χ1n) is 6.64. The monoisotopic (exact) mass is 251 g/mol. The molecule has 0 saturated carbocycles. The van der Waals surface area contributed by atoms with Crippen LogP contribution in [0.1, 0.15) is 39.7 Å². The van der Waals surface area contributed by atoms with Crippen LogP contribution in [0.15, 0.2) is 18.2 Å². The molecule has 1 rings (SSSR count). The molecule has 0 aliphatic rings. The fourth-order valence-corrected chi connectivity index (χ4v) is 1.64. The Kier molecular flexibility index (Phi) is 5.48. The number of rotatable bonds is 7. The van der Waals surface area contributed by atoms with Gasteiger partial charge in [0.25, 0.3) is 0 Å². The third kappa shape index (κ3) is 4.22. The van der Waals surface area contributed by atoms with Crippen LogP contribution in [0.4, 0.5) is 0 Å². The van der Waals surface area contributed by atoms with Crippen LogP contribution in [0, 0.1) is 5.41 Å². The van der Waals surface area contributed by atoms with Gasteiger partial charge >= 0.3 is 0 Å². The van der Waals surface area contributed by atoms with Crippen molar-refractivity contribution in [1.29, 1.82) is 0 Å². The zero-order valence-corrected chi connectivity index (χ0v) is 11.9. The number of phenolic OH excluding ortho intramolecular Hbond substituents is 1. The number of hydrogen-bond acceptors (Lipinski definition) is 3. The van der Waals surface area contributed by atoms with E-state index in [2.05, 4.69) is 26.1 Å². The summed E-state index contributed by atoms with van der Waals surface area (Å²) in [6, 6.07) is 5.62. The lowest BCUT2D eigenvalue weighted by atomic mass is 9.90. The maximum atomic E-state index is 10.0. The molecule has 18 heavy (non-hydrogen) atoms. The van der Waals surface area contributed by atoms with E-state index in [0.29, 0.717) is 18.9 Å². The van der Waals surface area contributed by atoms with Gasteiger partial charge < -0.3 is 15.2 Å². The zero-order valence-electron chi connectivity index (χ0n) is 11.9. The van der Waals surface area contributed by atoms with Crippen LogP contribution in [0.25, 0.3) is 0 Å². The van der Waals surface area contributed by atoms with Gasteiger partial charge in [-0.15, -0.1) is 0 Å². The summed E-state index contributed by atoms with van der Waals surface area (Å²) in [5, 5.41) is 13.4. The second-order valence-electron chi connectivity index (χ2n) is 5.32. The van der Waals surface area contributed by atoms with Crippen molar-refractivity contribution in [3.8, 4) is 11.5 Å². The van der Waals surface area contributed by atoms with Crippen LogP contribution in [0.5, 0.6) is 11.5 Å². The Morgan fingerprint density at radius 1 is 1.28 bits per heavy atom. The molecule has 0 amide bonds. The molecule has 2 N–H and O–H groups in total. The summed E-state index contributed by atoms with van der Waals surface area (Å²) in [7, 11) is 0. The predicted molar refractivity (Wildman–Crippen MR) is 75.1 cm³/mol. The Bertz CT molecular complexity index is 375. The number of hydrogen-bond donors (Lipinski definition) is 2. The molecule has 0 fully saturated rings. The molecule has 0 aliphatic heterocycles. The van der Waals surface area contributed by atoms with Crippen molar-refractivity contribution >= 4 is 0 Å². The molecule has 0 spiro atoms. The quantitative estimate of drug-likeness (QED) is 0.781. The van der Waals surface area contributed by atoms with E-state index in [4.69, 9.17) is 4.74 Å². The molecule has 0 radical (unpaired) electrons. The minimum absolute atomic E-state index is 0.251. The lowest BCUT2D eigenvalue weighted by Crippen LogP contribution is -2.28. The highest BCUT2D eigenvalue weighted by Gasteiger charge is 2.14. The number of benzene rings is 1. The first kappa shape index (κ1) is 14.8. The average molecular weight is 251 g/mol. The summed E-state index contributed by atoms with van der Waals surface area (Å²) in [4.78, 5) is 0. The smallest absolute Gasteiger partial charge is 0.162 e. The Morgan fingerprint density at radius 2 is 2.00 bits per heavy atom. The maximum absolute atomic E-state index is 10.0. The normalized spacial score (nSPS) is 11.6. The Labute approximate surface area is 110 Å². The zero-order chi connectivity index (χ0) is 13.6. The highest BCUT2D eigenvalue weighted by atomic mass is 16.5. The van der Waals surface area contributed by atoms with Gasteiger partial charge in [-0.25, -0.2) is 0 Å². The molecule has 0 aromatic heterocycles. The number of ether oxygens (including phenoxy) is 1. The minimum Gasteiger partial charge on any atom is -0.504 e. The molecule has 3 nitrogen and oxygen atoms in total. The topological polar surface area (TPSA) is 41.5 Å². The molecule has 0 heterocycles. The predicted octanol–water partition coefficient (Wildman–Crippen LogP) is 3.32. The van der Waals surface area contributed by atoms with Crippen LogP contribution >= 0.6 is 0 Å². The van der Waals surface area contributed by atoms with Gasteiger partial charge in [-0.3, -0.25) is 0 Å². The van der Waals surface area contributed by atoms with Crippen LogP contribution in [0.3, 0.4) is 0 Å². The third-order valence-electron chi connectivity index (χ3n) is 3.26. The van der Waals surface area contributed by atoms with Crippen molar-refractivity contribution in [2.45, 2.75) is 40.7 Å². The molecular formula is C15H25NO2. The van der Waals surface area contributed by atoms with E-state index in [0.717, 1.165) is 18.5 Å². The maximum Gasteiger partial charge on any atom is 0.162 e. The second kappa shape index (κ2) is 6.64. The van der Waals surface area contributed by atoms with Crippen LogP contribution < -0.4 is 10.1 Å². The summed E-state index contributed by atoms with van der Waals surface area (Å²) in [5.74, 6) is 0.813. The number of aromatic hydroxyl groups is 1. The fourth-order valence-electron chi connectivity index (χ4n) is 1.64. The highest BCUT2D eigenvalue weighted by Crippen LogP contribution is 2.29. The van der Waals surface area contributed by atoms with Crippen molar-refractivity contribution in [2.24, 2.45) is 5.41 Å². The first-order valence-corrected chi connectivity index (χ1v) is 6.64. The molecule has 0 atom stereocenters. The van der Waals surface area contributed by atoms with Crippen LogP contribution in [0.2, 0.25) is 0 Å². The van der Waals surface area contributed by atoms with E-state index in [9.17, 15) is 5.11 Å². The van der Waals surface area contributed by atoms with E-state index < -0.39 is 0 Å². The fraction of sp³-hybridized carbons (Fsp3) is 0.600. The van der Waals surface area contributed by atoms with Gasteiger partial charge in [-0.1, -0.05) is 32.9 Å². The third-order valence-corrected chi connectivity index (χ3v) is 3.26. The Balaban J connectivity index is 2.60. The summed E-state index contributed by atoms with van der Waals surface area (Å²) in [6.45, 7) is 10.7. The second-order valence-corrected chi connectivity index (χ2v) is 5.32. The number of nitrogens with one attached hydrogen (secondary N) is 1. The summed E-state index contributed by atoms with van der Waals surface area (Å²) < 4.78 is 5.37. The molecular weight excluding hydrogens is 226 g/mol. The van der Waals surface area contributed by atoms with Crippen molar-refractivity contribution in [2.75, 3.05) is 13.2 Å². The number of phenols is 1. The Morgan fingerprint density at radius 3 is 2.61 bits per heavy atom. The van der Waals surface area contributed by atoms with Gasteiger partial charge in [0, 0.05) is 18.7 Å². The van der Waals surface area contributed by atoms with Gasteiger partial charge in [0.2, 0.25) is 0 Å². The SMILES string of the molecule is CCOc1cccc(CNCC(C)(C)CC)c1O. The van der Waals surface area contributed by atoms with Crippen molar-refractivity contribution in [1.82, 2.24) is 5.32 Å². The first-order chi connectivity index (χ1) is 8.50. The van der Waals surface area contributed by atoms with Crippen molar-refractivity contribution in [3.63, 3.8) is 0 Å². The molecule has 3 heteroatoms.